The molecule has 0 N–H and O–H groups in total. The highest BCUT2D eigenvalue weighted by Gasteiger charge is 2.33. The molecule has 3 fully saturated rings. The van der Waals surface area contributed by atoms with E-state index >= 15 is 0 Å². The Hall–Kier alpha value is -1.16. The van der Waals surface area contributed by atoms with Gasteiger partial charge in [0.25, 0.3) is 0 Å². The van der Waals surface area contributed by atoms with Gasteiger partial charge in [0, 0.05) is 51.2 Å². The summed E-state index contributed by atoms with van der Waals surface area (Å²) in [7, 11) is 0. The lowest BCUT2D eigenvalue weighted by atomic mass is 9.88. The maximum Gasteiger partial charge on any atom is 0.237 e. The first-order valence-corrected chi connectivity index (χ1v) is 12.0. The fraction of sp³-hybridized carbons (Fsp3) is 0.913. The fourth-order valence-electron chi connectivity index (χ4n) is 5.28. The second kappa shape index (κ2) is 12.5. The number of morpholine rings is 1. The van der Waals surface area contributed by atoms with Gasteiger partial charge >= 0.3 is 0 Å². The van der Waals surface area contributed by atoms with Gasteiger partial charge in [-0.05, 0) is 25.7 Å². The lowest BCUT2D eigenvalue weighted by molar-refractivity contribution is -0.139. The van der Waals surface area contributed by atoms with Crippen LogP contribution in [-0.4, -0.2) is 85.2 Å². The molecule has 2 saturated carbocycles. The summed E-state index contributed by atoms with van der Waals surface area (Å²) in [4.78, 5) is 20.5. The molecule has 0 spiro atoms. The van der Waals surface area contributed by atoms with E-state index in [0.717, 1.165) is 39.4 Å². The van der Waals surface area contributed by atoms with Gasteiger partial charge in [0.2, 0.25) is 5.91 Å². The SMILES string of the molecule is N#CCCN(CCN1CCOCC1)CC(=O)N(C1CCCCC1)C1CCCCC1. The summed E-state index contributed by atoms with van der Waals surface area (Å²) in [6, 6.07) is 3.15. The van der Waals surface area contributed by atoms with Crippen molar-refractivity contribution in [2.75, 3.05) is 52.5 Å². The molecule has 6 nitrogen and oxygen atoms in total. The van der Waals surface area contributed by atoms with Crippen molar-refractivity contribution >= 4 is 5.91 Å². The minimum atomic E-state index is 0.309. The summed E-state index contributed by atoms with van der Waals surface area (Å²) in [5.41, 5.74) is 0. The molecule has 164 valence electrons. The summed E-state index contributed by atoms with van der Waals surface area (Å²) in [6.07, 6.45) is 12.9. The standard InChI is InChI=1S/C23H40N4O2/c24-12-7-13-26(15-14-25-16-18-29-19-17-25)20-23(28)27(21-8-3-1-4-9-21)22-10-5-2-6-11-22/h21-22H,1-11,13-20H2. The van der Waals surface area contributed by atoms with Crippen LogP contribution in [0.3, 0.4) is 0 Å². The minimum Gasteiger partial charge on any atom is -0.379 e. The largest absolute Gasteiger partial charge is 0.379 e. The van der Waals surface area contributed by atoms with Crippen molar-refractivity contribution in [2.24, 2.45) is 0 Å². The summed E-state index contributed by atoms with van der Waals surface area (Å²) in [5.74, 6) is 0.309. The van der Waals surface area contributed by atoms with Crippen molar-refractivity contribution < 1.29 is 9.53 Å². The smallest absolute Gasteiger partial charge is 0.237 e. The average Bonchev–Trinajstić information content (AvgIpc) is 2.78. The van der Waals surface area contributed by atoms with Gasteiger partial charge in [-0.3, -0.25) is 14.6 Å². The van der Waals surface area contributed by atoms with Crippen molar-refractivity contribution in [3.63, 3.8) is 0 Å². The number of hydrogen-bond acceptors (Lipinski definition) is 5. The number of carbonyl (C=O) groups is 1. The summed E-state index contributed by atoms with van der Waals surface area (Å²) in [6.45, 7) is 6.51. The van der Waals surface area contributed by atoms with Crippen LogP contribution in [0.15, 0.2) is 0 Å². The van der Waals surface area contributed by atoms with Gasteiger partial charge in [-0.2, -0.15) is 5.26 Å². The summed E-state index contributed by atoms with van der Waals surface area (Å²) in [5, 5.41) is 9.08. The molecule has 1 amide bonds. The highest BCUT2D eigenvalue weighted by atomic mass is 16.5. The van der Waals surface area contributed by atoms with E-state index in [0.29, 0.717) is 37.5 Å². The Bertz CT molecular complexity index is 499. The van der Waals surface area contributed by atoms with E-state index in [2.05, 4.69) is 20.8 Å². The molecule has 0 aromatic rings. The lowest BCUT2D eigenvalue weighted by Gasteiger charge is -2.42. The third kappa shape index (κ3) is 7.24. The predicted octanol–water partition coefficient (Wildman–Crippen LogP) is 3.03. The summed E-state index contributed by atoms with van der Waals surface area (Å²) < 4.78 is 5.44. The molecule has 0 bridgehead atoms. The van der Waals surface area contributed by atoms with Crippen LogP contribution < -0.4 is 0 Å². The van der Waals surface area contributed by atoms with Gasteiger partial charge in [-0.15, -0.1) is 0 Å². The van der Waals surface area contributed by atoms with Crippen molar-refractivity contribution in [3.05, 3.63) is 0 Å². The molecule has 3 aliphatic rings. The first-order chi connectivity index (χ1) is 14.3. The maximum atomic E-state index is 13.5. The zero-order valence-electron chi connectivity index (χ0n) is 18.2. The first-order valence-electron chi connectivity index (χ1n) is 12.0. The topological polar surface area (TPSA) is 59.8 Å². The normalized spacial score (nSPS) is 22.5. The molecular weight excluding hydrogens is 364 g/mol. The van der Waals surface area contributed by atoms with Crippen LogP contribution in [0.2, 0.25) is 0 Å². The average molecular weight is 405 g/mol. The summed E-state index contributed by atoms with van der Waals surface area (Å²) >= 11 is 0. The van der Waals surface area contributed by atoms with E-state index < -0.39 is 0 Å². The maximum absolute atomic E-state index is 13.5. The molecule has 2 aliphatic carbocycles. The van der Waals surface area contributed by atoms with Crippen LogP contribution in [0.4, 0.5) is 0 Å². The molecule has 1 aliphatic heterocycles. The highest BCUT2D eigenvalue weighted by Crippen LogP contribution is 2.30. The molecular formula is C23H40N4O2. The Morgan fingerprint density at radius 2 is 1.52 bits per heavy atom. The van der Waals surface area contributed by atoms with E-state index in [1.54, 1.807) is 0 Å². The van der Waals surface area contributed by atoms with Crippen LogP contribution in [0.5, 0.6) is 0 Å². The van der Waals surface area contributed by atoms with Crippen molar-refractivity contribution in [1.82, 2.24) is 14.7 Å². The minimum absolute atomic E-state index is 0.309. The number of ether oxygens (including phenoxy) is 1. The van der Waals surface area contributed by atoms with E-state index in [4.69, 9.17) is 10.00 Å². The Kier molecular flexibility index (Phi) is 9.72. The van der Waals surface area contributed by atoms with Crippen LogP contribution >= 0.6 is 0 Å². The second-order valence-electron chi connectivity index (χ2n) is 9.02. The zero-order chi connectivity index (χ0) is 20.3. The fourth-order valence-corrected chi connectivity index (χ4v) is 5.28. The molecule has 6 heteroatoms. The Morgan fingerprint density at radius 3 is 2.07 bits per heavy atom. The van der Waals surface area contributed by atoms with Gasteiger partial charge in [0.05, 0.1) is 25.8 Å². The van der Waals surface area contributed by atoms with Gasteiger partial charge < -0.3 is 9.64 Å². The molecule has 0 atom stereocenters. The van der Waals surface area contributed by atoms with Gasteiger partial charge in [0.1, 0.15) is 0 Å². The van der Waals surface area contributed by atoms with E-state index in [9.17, 15) is 4.79 Å². The Balaban J connectivity index is 1.60. The Morgan fingerprint density at radius 1 is 0.931 bits per heavy atom. The van der Waals surface area contributed by atoms with Crippen molar-refractivity contribution in [3.8, 4) is 6.07 Å². The molecule has 0 radical (unpaired) electrons. The van der Waals surface area contributed by atoms with E-state index in [1.165, 1.54) is 64.2 Å². The molecule has 1 saturated heterocycles. The number of nitriles is 1. The van der Waals surface area contributed by atoms with Gasteiger partial charge in [0.15, 0.2) is 0 Å². The molecule has 0 unspecified atom stereocenters. The van der Waals surface area contributed by atoms with Gasteiger partial charge in [-0.1, -0.05) is 38.5 Å². The van der Waals surface area contributed by atoms with Gasteiger partial charge in [-0.25, -0.2) is 0 Å². The number of nitrogens with zero attached hydrogens (tertiary/aromatic N) is 4. The number of hydrogen-bond donors (Lipinski definition) is 0. The van der Waals surface area contributed by atoms with Crippen LogP contribution in [0, 0.1) is 11.3 Å². The van der Waals surface area contributed by atoms with Crippen molar-refractivity contribution in [1.29, 1.82) is 5.26 Å². The Labute approximate surface area is 177 Å². The quantitative estimate of drug-likeness (QED) is 0.591. The van der Waals surface area contributed by atoms with Crippen LogP contribution in [-0.2, 0) is 9.53 Å². The molecule has 29 heavy (non-hydrogen) atoms. The second-order valence-corrected chi connectivity index (χ2v) is 9.02. The first kappa shape index (κ1) is 22.5. The monoisotopic (exact) mass is 404 g/mol. The molecule has 1 heterocycles. The molecule has 0 aromatic carbocycles. The van der Waals surface area contributed by atoms with Crippen LogP contribution in [0.25, 0.3) is 0 Å². The number of amides is 1. The third-order valence-electron chi connectivity index (χ3n) is 6.96. The zero-order valence-corrected chi connectivity index (χ0v) is 18.2. The third-order valence-corrected chi connectivity index (χ3v) is 6.96. The number of rotatable bonds is 9. The van der Waals surface area contributed by atoms with E-state index in [1.807, 2.05) is 0 Å². The lowest BCUT2D eigenvalue weighted by Crippen LogP contribution is -2.52. The number of carbonyl (C=O) groups excluding carboxylic acids is 1. The molecule has 0 aromatic heterocycles. The highest BCUT2D eigenvalue weighted by molar-refractivity contribution is 5.79. The van der Waals surface area contributed by atoms with E-state index in [-0.39, 0.29) is 0 Å². The predicted molar refractivity (Wildman–Crippen MR) is 115 cm³/mol. The van der Waals surface area contributed by atoms with Crippen LogP contribution in [0.1, 0.15) is 70.6 Å². The van der Waals surface area contributed by atoms with Crippen molar-refractivity contribution in [2.45, 2.75) is 82.7 Å². The molecule has 3 rings (SSSR count).